The molecule has 0 bridgehead atoms. The van der Waals surface area contributed by atoms with Crippen molar-refractivity contribution in [1.82, 2.24) is 5.32 Å². The fourth-order valence-corrected chi connectivity index (χ4v) is 2.97. The average molecular weight is 224 g/mol. The minimum absolute atomic E-state index is 0.104. The van der Waals surface area contributed by atoms with E-state index in [1.54, 1.807) is 0 Å². The summed E-state index contributed by atoms with van der Waals surface area (Å²) in [5.74, 6) is 1.07. The summed E-state index contributed by atoms with van der Waals surface area (Å²) in [6.07, 6.45) is 7.97. The summed E-state index contributed by atoms with van der Waals surface area (Å²) in [4.78, 5) is 12.1. The van der Waals surface area contributed by atoms with E-state index in [4.69, 9.17) is 5.73 Å². The number of hydrogen-bond acceptors (Lipinski definition) is 2. The number of nitrogens with two attached hydrogens (primary N) is 1. The van der Waals surface area contributed by atoms with Crippen LogP contribution in [-0.4, -0.2) is 18.0 Å². The van der Waals surface area contributed by atoms with E-state index in [1.807, 2.05) is 0 Å². The van der Waals surface area contributed by atoms with E-state index in [0.717, 1.165) is 38.6 Å². The van der Waals surface area contributed by atoms with Crippen molar-refractivity contribution >= 4 is 5.91 Å². The van der Waals surface area contributed by atoms with Crippen LogP contribution in [0.5, 0.6) is 0 Å². The third-order valence-corrected chi connectivity index (χ3v) is 4.37. The molecule has 92 valence electrons. The first kappa shape index (κ1) is 11.9. The predicted molar refractivity (Wildman–Crippen MR) is 64.9 cm³/mol. The SMILES string of the molecule is CC1(NC(=O)C2CCCC(CN)C2)CCC1. The minimum atomic E-state index is 0.104. The number of rotatable bonds is 3. The molecule has 2 aliphatic rings. The molecule has 0 aromatic heterocycles. The smallest absolute Gasteiger partial charge is 0.223 e. The fraction of sp³-hybridized carbons (Fsp3) is 0.923. The van der Waals surface area contributed by atoms with E-state index in [0.29, 0.717) is 5.92 Å². The molecule has 0 aromatic rings. The Labute approximate surface area is 98.2 Å². The lowest BCUT2D eigenvalue weighted by Crippen LogP contribution is -2.53. The maximum absolute atomic E-state index is 12.1. The van der Waals surface area contributed by atoms with Gasteiger partial charge < -0.3 is 11.1 Å². The van der Waals surface area contributed by atoms with Crippen molar-refractivity contribution in [2.45, 2.75) is 57.4 Å². The molecule has 0 aliphatic heterocycles. The highest BCUT2D eigenvalue weighted by molar-refractivity contribution is 5.79. The van der Waals surface area contributed by atoms with Gasteiger partial charge >= 0.3 is 0 Å². The molecule has 16 heavy (non-hydrogen) atoms. The Balaban J connectivity index is 1.84. The zero-order valence-electron chi connectivity index (χ0n) is 10.3. The van der Waals surface area contributed by atoms with Crippen LogP contribution in [0.4, 0.5) is 0 Å². The highest BCUT2D eigenvalue weighted by Gasteiger charge is 2.36. The summed E-state index contributed by atoms with van der Waals surface area (Å²) in [5, 5.41) is 3.23. The molecule has 3 heteroatoms. The summed E-state index contributed by atoms with van der Waals surface area (Å²) in [5.41, 5.74) is 5.80. The second kappa shape index (κ2) is 4.74. The molecule has 2 rings (SSSR count). The Morgan fingerprint density at radius 1 is 1.38 bits per heavy atom. The van der Waals surface area contributed by atoms with Gasteiger partial charge in [-0.1, -0.05) is 6.42 Å². The molecule has 1 amide bonds. The number of carbonyl (C=O) groups excluding carboxylic acids is 1. The van der Waals surface area contributed by atoms with Gasteiger partial charge in [0.05, 0.1) is 0 Å². The normalized spacial score (nSPS) is 32.9. The van der Waals surface area contributed by atoms with Crippen molar-refractivity contribution in [1.29, 1.82) is 0 Å². The largest absolute Gasteiger partial charge is 0.351 e. The molecule has 0 aromatic carbocycles. The van der Waals surface area contributed by atoms with E-state index in [9.17, 15) is 4.79 Å². The molecule has 3 nitrogen and oxygen atoms in total. The third-order valence-electron chi connectivity index (χ3n) is 4.37. The molecule has 0 heterocycles. The summed E-state index contributed by atoms with van der Waals surface area (Å²) in [6, 6.07) is 0. The maximum atomic E-state index is 12.1. The van der Waals surface area contributed by atoms with Crippen LogP contribution < -0.4 is 11.1 Å². The van der Waals surface area contributed by atoms with E-state index < -0.39 is 0 Å². The summed E-state index contributed by atoms with van der Waals surface area (Å²) in [7, 11) is 0. The lowest BCUT2D eigenvalue weighted by Gasteiger charge is -2.41. The summed E-state index contributed by atoms with van der Waals surface area (Å²) < 4.78 is 0. The summed E-state index contributed by atoms with van der Waals surface area (Å²) in [6.45, 7) is 2.90. The van der Waals surface area contributed by atoms with Gasteiger partial charge in [0.15, 0.2) is 0 Å². The predicted octanol–water partition coefficient (Wildman–Crippen LogP) is 1.81. The highest BCUT2D eigenvalue weighted by atomic mass is 16.2. The van der Waals surface area contributed by atoms with E-state index in [-0.39, 0.29) is 17.4 Å². The van der Waals surface area contributed by atoms with Crippen molar-refractivity contribution in [3.05, 3.63) is 0 Å². The number of carbonyl (C=O) groups is 1. The second-order valence-electron chi connectivity index (χ2n) is 5.87. The molecule has 2 atom stereocenters. The Morgan fingerprint density at radius 2 is 2.12 bits per heavy atom. The number of nitrogens with one attached hydrogen (secondary N) is 1. The van der Waals surface area contributed by atoms with Crippen LogP contribution in [0.3, 0.4) is 0 Å². The Bertz CT molecular complexity index is 261. The zero-order valence-corrected chi connectivity index (χ0v) is 10.3. The second-order valence-corrected chi connectivity index (χ2v) is 5.87. The molecule has 2 saturated carbocycles. The van der Waals surface area contributed by atoms with Crippen molar-refractivity contribution in [3.8, 4) is 0 Å². The van der Waals surface area contributed by atoms with Crippen LogP contribution in [0.2, 0.25) is 0 Å². The molecule has 0 saturated heterocycles. The first-order chi connectivity index (χ1) is 7.63. The molecule has 2 aliphatic carbocycles. The van der Waals surface area contributed by atoms with E-state index in [1.165, 1.54) is 12.8 Å². The van der Waals surface area contributed by atoms with Crippen LogP contribution >= 0.6 is 0 Å². The van der Waals surface area contributed by atoms with Crippen LogP contribution in [-0.2, 0) is 4.79 Å². The van der Waals surface area contributed by atoms with Crippen LogP contribution in [0.1, 0.15) is 51.9 Å². The molecular formula is C13H24N2O. The Hall–Kier alpha value is -0.570. The lowest BCUT2D eigenvalue weighted by molar-refractivity contribution is -0.129. The third kappa shape index (κ3) is 2.57. The first-order valence-corrected chi connectivity index (χ1v) is 6.65. The van der Waals surface area contributed by atoms with Gasteiger partial charge in [-0.15, -0.1) is 0 Å². The monoisotopic (exact) mass is 224 g/mol. The molecule has 3 N–H and O–H groups in total. The summed E-state index contributed by atoms with van der Waals surface area (Å²) >= 11 is 0. The van der Waals surface area contributed by atoms with Gasteiger partial charge in [-0.2, -0.15) is 0 Å². The molecule has 0 radical (unpaired) electrons. The van der Waals surface area contributed by atoms with Gasteiger partial charge in [-0.3, -0.25) is 4.79 Å². The topological polar surface area (TPSA) is 55.1 Å². The zero-order chi connectivity index (χ0) is 11.6. The van der Waals surface area contributed by atoms with Gasteiger partial charge in [0.2, 0.25) is 5.91 Å². The van der Waals surface area contributed by atoms with Crippen molar-refractivity contribution < 1.29 is 4.79 Å². The molecule has 2 unspecified atom stereocenters. The number of hydrogen-bond donors (Lipinski definition) is 2. The Kier molecular flexibility index (Phi) is 3.53. The Morgan fingerprint density at radius 3 is 2.69 bits per heavy atom. The maximum Gasteiger partial charge on any atom is 0.223 e. The highest BCUT2D eigenvalue weighted by Crippen LogP contribution is 2.33. The van der Waals surface area contributed by atoms with Gasteiger partial charge in [0.25, 0.3) is 0 Å². The molecule has 0 spiro atoms. The standard InChI is InChI=1S/C13H24N2O/c1-13(6-3-7-13)15-12(16)11-5-2-4-10(8-11)9-14/h10-11H,2-9,14H2,1H3,(H,15,16). The quantitative estimate of drug-likeness (QED) is 0.768. The average Bonchev–Trinajstić information content (AvgIpc) is 2.27. The van der Waals surface area contributed by atoms with E-state index in [2.05, 4.69) is 12.2 Å². The van der Waals surface area contributed by atoms with Crippen LogP contribution in [0.15, 0.2) is 0 Å². The van der Waals surface area contributed by atoms with Crippen molar-refractivity contribution in [2.24, 2.45) is 17.6 Å². The van der Waals surface area contributed by atoms with Crippen molar-refractivity contribution in [3.63, 3.8) is 0 Å². The van der Waals surface area contributed by atoms with Crippen LogP contribution in [0, 0.1) is 11.8 Å². The van der Waals surface area contributed by atoms with Gasteiger partial charge in [0.1, 0.15) is 0 Å². The van der Waals surface area contributed by atoms with Crippen LogP contribution in [0.25, 0.3) is 0 Å². The van der Waals surface area contributed by atoms with Gasteiger partial charge in [-0.25, -0.2) is 0 Å². The lowest BCUT2D eigenvalue weighted by atomic mass is 9.76. The fourth-order valence-electron chi connectivity index (χ4n) is 2.97. The molecular weight excluding hydrogens is 200 g/mol. The van der Waals surface area contributed by atoms with Crippen molar-refractivity contribution in [2.75, 3.05) is 6.54 Å². The van der Waals surface area contributed by atoms with Gasteiger partial charge in [-0.05, 0) is 57.9 Å². The minimum Gasteiger partial charge on any atom is -0.351 e. The first-order valence-electron chi connectivity index (χ1n) is 6.65. The number of amides is 1. The van der Waals surface area contributed by atoms with Gasteiger partial charge in [0, 0.05) is 11.5 Å². The molecule has 2 fully saturated rings. The van der Waals surface area contributed by atoms with E-state index >= 15 is 0 Å².